The minimum atomic E-state index is -0.356. The van der Waals surface area contributed by atoms with Crippen LogP contribution in [0, 0.1) is 11.2 Å². The fourth-order valence-corrected chi connectivity index (χ4v) is 4.01. The highest BCUT2D eigenvalue weighted by molar-refractivity contribution is 5.70. The Morgan fingerprint density at radius 3 is 2.58 bits per heavy atom. The molecule has 2 aromatic carbocycles. The lowest BCUT2D eigenvalue weighted by atomic mass is 9.79. The first-order valence-electron chi connectivity index (χ1n) is 10.8. The number of nitrogens with two attached hydrogens (primary N) is 1. The van der Waals surface area contributed by atoms with E-state index in [2.05, 4.69) is 0 Å². The van der Waals surface area contributed by atoms with Gasteiger partial charge in [0.2, 0.25) is 0 Å². The molecule has 2 aromatic rings. The van der Waals surface area contributed by atoms with E-state index in [9.17, 15) is 4.39 Å². The van der Waals surface area contributed by atoms with Crippen molar-refractivity contribution < 1.29 is 23.3 Å². The molecule has 0 radical (unpaired) electrons. The summed E-state index contributed by atoms with van der Waals surface area (Å²) in [7, 11) is 3.23. The number of rotatable bonds is 9. The molecule has 1 saturated heterocycles. The molecular formula is C25H34FNO4. The topological polar surface area (TPSA) is 62.9 Å². The van der Waals surface area contributed by atoms with Gasteiger partial charge >= 0.3 is 0 Å². The summed E-state index contributed by atoms with van der Waals surface area (Å²) in [4.78, 5) is 0. The van der Waals surface area contributed by atoms with Gasteiger partial charge in [0, 0.05) is 31.2 Å². The maximum absolute atomic E-state index is 14.8. The summed E-state index contributed by atoms with van der Waals surface area (Å²) >= 11 is 0. The Morgan fingerprint density at radius 1 is 1.13 bits per heavy atom. The molecule has 1 heterocycles. The van der Waals surface area contributed by atoms with Crippen molar-refractivity contribution in [3.05, 3.63) is 53.3 Å². The van der Waals surface area contributed by atoms with E-state index in [1.807, 2.05) is 32.0 Å². The zero-order valence-corrected chi connectivity index (χ0v) is 18.9. The summed E-state index contributed by atoms with van der Waals surface area (Å²) < 4.78 is 37.7. The second-order valence-electron chi connectivity index (χ2n) is 8.68. The number of ether oxygens (including phenoxy) is 4. The van der Waals surface area contributed by atoms with E-state index in [0.717, 1.165) is 42.6 Å². The highest BCUT2D eigenvalue weighted by Gasteiger charge is 2.32. The molecule has 6 heteroatoms. The molecule has 5 nitrogen and oxygen atoms in total. The van der Waals surface area contributed by atoms with E-state index < -0.39 is 0 Å². The predicted molar refractivity (Wildman–Crippen MR) is 119 cm³/mol. The minimum Gasteiger partial charge on any atom is -0.497 e. The van der Waals surface area contributed by atoms with Crippen molar-refractivity contribution in [2.75, 3.05) is 27.4 Å². The van der Waals surface area contributed by atoms with Gasteiger partial charge in [-0.1, -0.05) is 32.0 Å². The maximum Gasteiger partial charge on any atom is 0.158 e. The zero-order valence-electron chi connectivity index (χ0n) is 18.9. The average Bonchev–Trinajstić information content (AvgIpc) is 2.79. The van der Waals surface area contributed by atoms with Crippen molar-refractivity contribution in [3.63, 3.8) is 0 Å². The molecule has 3 rings (SSSR count). The van der Waals surface area contributed by atoms with E-state index in [1.165, 1.54) is 6.07 Å². The molecule has 31 heavy (non-hydrogen) atoms. The fourth-order valence-electron chi connectivity index (χ4n) is 4.01. The van der Waals surface area contributed by atoms with Crippen LogP contribution in [0.4, 0.5) is 4.39 Å². The lowest BCUT2D eigenvalue weighted by Crippen LogP contribution is -2.32. The van der Waals surface area contributed by atoms with Crippen LogP contribution in [0.25, 0.3) is 11.1 Å². The van der Waals surface area contributed by atoms with Gasteiger partial charge < -0.3 is 24.7 Å². The molecule has 0 amide bonds. The molecule has 0 aromatic heterocycles. The standard InChI is InChI=1S/C25H34FNO4/c1-25(2,16-27)24(29-4)21-13-17(15-31-23-7-5-6-12-30-23)8-10-19(21)20-14-18(28-3)9-11-22(20)26/h8-11,13-14,23-24H,5-7,12,15-16,27H2,1-4H3. The van der Waals surface area contributed by atoms with Crippen molar-refractivity contribution in [1.29, 1.82) is 0 Å². The molecule has 0 bridgehead atoms. The van der Waals surface area contributed by atoms with Gasteiger partial charge in [0.05, 0.1) is 19.8 Å². The molecule has 1 aliphatic rings. The molecule has 2 atom stereocenters. The van der Waals surface area contributed by atoms with Crippen LogP contribution in [-0.4, -0.2) is 33.7 Å². The first kappa shape index (κ1) is 23.7. The second-order valence-corrected chi connectivity index (χ2v) is 8.68. The average molecular weight is 432 g/mol. The number of hydrogen-bond acceptors (Lipinski definition) is 5. The summed E-state index contributed by atoms with van der Waals surface area (Å²) in [6.07, 6.45) is 2.59. The number of benzene rings is 2. The van der Waals surface area contributed by atoms with Crippen molar-refractivity contribution in [2.45, 2.75) is 52.1 Å². The third-order valence-electron chi connectivity index (χ3n) is 5.91. The van der Waals surface area contributed by atoms with Gasteiger partial charge in [0.25, 0.3) is 0 Å². The van der Waals surface area contributed by atoms with Crippen molar-refractivity contribution >= 4 is 0 Å². The smallest absolute Gasteiger partial charge is 0.158 e. The molecule has 0 spiro atoms. The van der Waals surface area contributed by atoms with Gasteiger partial charge in [0.1, 0.15) is 11.6 Å². The van der Waals surface area contributed by atoms with Crippen molar-refractivity contribution in [2.24, 2.45) is 11.1 Å². The molecular weight excluding hydrogens is 397 g/mol. The number of methoxy groups -OCH3 is 2. The summed E-state index contributed by atoms with van der Waals surface area (Å²) in [6.45, 7) is 5.67. The predicted octanol–water partition coefficient (Wildman–Crippen LogP) is 5.22. The molecule has 2 N–H and O–H groups in total. The van der Waals surface area contributed by atoms with Crippen LogP contribution >= 0.6 is 0 Å². The summed E-state index contributed by atoms with van der Waals surface area (Å²) in [5, 5.41) is 0. The SMILES string of the molecule is COc1ccc(F)c(-c2ccc(COC3CCCCO3)cc2C(OC)C(C)(C)CN)c1. The molecule has 1 fully saturated rings. The molecule has 170 valence electrons. The molecule has 0 saturated carbocycles. The Balaban J connectivity index is 2.01. The van der Waals surface area contributed by atoms with E-state index in [-0.39, 0.29) is 23.6 Å². The van der Waals surface area contributed by atoms with E-state index in [4.69, 9.17) is 24.7 Å². The van der Waals surface area contributed by atoms with E-state index in [0.29, 0.717) is 24.5 Å². The Hall–Kier alpha value is -1.99. The van der Waals surface area contributed by atoms with Crippen LogP contribution in [0.3, 0.4) is 0 Å². The van der Waals surface area contributed by atoms with Gasteiger partial charge in [-0.05, 0) is 54.2 Å². The normalized spacial score (nSPS) is 18.1. The van der Waals surface area contributed by atoms with Gasteiger partial charge in [-0.25, -0.2) is 4.39 Å². The lowest BCUT2D eigenvalue weighted by molar-refractivity contribution is -0.168. The van der Waals surface area contributed by atoms with Crippen LogP contribution in [0.2, 0.25) is 0 Å². The molecule has 0 aliphatic carbocycles. The van der Waals surface area contributed by atoms with Crippen LogP contribution in [0.15, 0.2) is 36.4 Å². The quantitative estimate of drug-likeness (QED) is 0.590. The first-order valence-corrected chi connectivity index (χ1v) is 10.8. The van der Waals surface area contributed by atoms with Crippen LogP contribution < -0.4 is 10.5 Å². The highest BCUT2D eigenvalue weighted by Crippen LogP contribution is 2.42. The van der Waals surface area contributed by atoms with Crippen LogP contribution in [0.1, 0.15) is 50.3 Å². The summed E-state index contributed by atoms with van der Waals surface area (Å²) in [5.74, 6) is 0.276. The number of hydrogen-bond donors (Lipinski definition) is 1. The van der Waals surface area contributed by atoms with E-state index in [1.54, 1.807) is 26.4 Å². The zero-order chi connectivity index (χ0) is 22.4. The molecule has 1 aliphatic heterocycles. The Labute approximate surface area is 184 Å². The van der Waals surface area contributed by atoms with Gasteiger partial charge in [-0.3, -0.25) is 0 Å². The van der Waals surface area contributed by atoms with Crippen LogP contribution in [-0.2, 0) is 20.8 Å². The largest absolute Gasteiger partial charge is 0.497 e. The van der Waals surface area contributed by atoms with Gasteiger partial charge in [0.15, 0.2) is 6.29 Å². The van der Waals surface area contributed by atoms with Gasteiger partial charge in [-0.2, -0.15) is 0 Å². The van der Waals surface area contributed by atoms with Crippen molar-refractivity contribution in [1.82, 2.24) is 0 Å². The third kappa shape index (κ3) is 5.63. The summed E-state index contributed by atoms with van der Waals surface area (Å²) in [6, 6.07) is 10.7. The Kier molecular flexibility index (Phi) is 8.06. The van der Waals surface area contributed by atoms with Crippen molar-refractivity contribution in [3.8, 4) is 16.9 Å². The molecule has 2 unspecified atom stereocenters. The summed E-state index contributed by atoms with van der Waals surface area (Å²) in [5.41, 5.74) is 8.77. The Morgan fingerprint density at radius 2 is 1.94 bits per heavy atom. The second kappa shape index (κ2) is 10.6. The van der Waals surface area contributed by atoms with E-state index >= 15 is 0 Å². The monoisotopic (exact) mass is 431 g/mol. The lowest BCUT2D eigenvalue weighted by Gasteiger charge is -2.34. The van der Waals surface area contributed by atoms with Gasteiger partial charge in [-0.15, -0.1) is 0 Å². The maximum atomic E-state index is 14.8. The third-order valence-corrected chi connectivity index (χ3v) is 5.91. The highest BCUT2D eigenvalue weighted by atomic mass is 19.1. The number of halogens is 1. The Bertz CT molecular complexity index is 865. The van der Waals surface area contributed by atoms with Crippen LogP contribution in [0.5, 0.6) is 5.75 Å². The minimum absolute atomic E-state index is 0.175. The first-order chi connectivity index (χ1) is 14.9. The fraction of sp³-hybridized carbons (Fsp3) is 0.520.